The first-order chi connectivity index (χ1) is 13.7. The predicted octanol–water partition coefficient (Wildman–Crippen LogP) is 4.23. The van der Waals surface area contributed by atoms with Gasteiger partial charge in [0.1, 0.15) is 11.6 Å². The van der Waals surface area contributed by atoms with E-state index in [1.807, 2.05) is 30.3 Å². The molecule has 1 amide bonds. The van der Waals surface area contributed by atoms with E-state index >= 15 is 0 Å². The Kier molecular flexibility index (Phi) is 5.60. The minimum Gasteiger partial charge on any atom is -0.494 e. The molecule has 1 heterocycles. The number of hydrogen-bond donors (Lipinski definition) is 1. The lowest BCUT2D eigenvalue weighted by Gasteiger charge is -2.11. The van der Waals surface area contributed by atoms with Crippen LogP contribution in [0.2, 0.25) is 0 Å². The first-order valence-corrected chi connectivity index (χ1v) is 10.1. The maximum atomic E-state index is 12.0. The van der Waals surface area contributed by atoms with Gasteiger partial charge in [0.25, 0.3) is 0 Å². The summed E-state index contributed by atoms with van der Waals surface area (Å²) in [5, 5.41) is 3.04. The second-order valence-electron chi connectivity index (χ2n) is 7.53. The number of ether oxygens (including phenoxy) is 1. The number of benzene rings is 2. The monoisotopic (exact) mass is 377 g/mol. The third-order valence-corrected chi connectivity index (χ3v) is 5.17. The molecule has 1 fully saturated rings. The van der Waals surface area contributed by atoms with E-state index in [-0.39, 0.29) is 11.8 Å². The van der Waals surface area contributed by atoms with E-state index in [1.54, 1.807) is 0 Å². The Morgan fingerprint density at radius 3 is 2.71 bits per heavy atom. The molecule has 0 atom stereocenters. The van der Waals surface area contributed by atoms with E-state index < -0.39 is 0 Å². The number of aromatic nitrogens is 2. The molecule has 0 unspecified atom stereocenters. The molecule has 1 saturated carbocycles. The zero-order chi connectivity index (χ0) is 19.3. The van der Waals surface area contributed by atoms with Crippen LogP contribution in [0.4, 0.5) is 0 Å². The number of hydrogen-bond acceptors (Lipinski definition) is 3. The van der Waals surface area contributed by atoms with Crippen LogP contribution in [0, 0.1) is 12.8 Å². The van der Waals surface area contributed by atoms with Gasteiger partial charge < -0.3 is 14.6 Å². The molecule has 2 aromatic carbocycles. The minimum absolute atomic E-state index is 0.158. The molecule has 1 N–H and O–H groups in total. The second kappa shape index (κ2) is 8.46. The van der Waals surface area contributed by atoms with Gasteiger partial charge in [0.2, 0.25) is 5.91 Å². The number of imidazole rings is 1. The molecule has 0 aliphatic heterocycles. The standard InChI is InChI=1S/C23H27N3O2/c1-17-8-12-19(13-9-17)28-15-5-4-14-26-21-7-3-2-6-20(21)25-22(26)16-24-23(27)18-10-11-18/h2-3,6-9,12-13,18H,4-5,10-11,14-16H2,1H3,(H,24,27). The van der Waals surface area contributed by atoms with Gasteiger partial charge in [0.15, 0.2) is 0 Å². The summed E-state index contributed by atoms with van der Waals surface area (Å²) in [6.45, 7) is 4.13. The van der Waals surface area contributed by atoms with Crippen molar-refractivity contribution in [3.63, 3.8) is 0 Å². The Labute approximate surface area is 165 Å². The van der Waals surface area contributed by atoms with Crippen molar-refractivity contribution < 1.29 is 9.53 Å². The van der Waals surface area contributed by atoms with Crippen LogP contribution in [0.25, 0.3) is 11.0 Å². The third-order valence-electron chi connectivity index (χ3n) is 5.17. The minimum atomic E-state index is 0.158. The summed E-state index contributed by atoms with van der Waals surface area (Å²) in [6, 6.07) is 16.3. The number of nitrogens with one attached hydrogen (secondary N) is 1. The SMILES string of the molecule is Cc1ccc(OCCCCn2c(CNC(=O)C3CC3)nc3ccccc32)cc1. The number of fused-ring (bicyclic) bond motifs is 1. The molecular formula is C23H27N3O2. The van der Waals surface area contributed by atoms with Gasteiger partial charge in [-0.05, 0) is 56.9 Å². The van der Waals surface area contributed by atoms with Crippen molar-refractivity contribution in [2.45, 2.75) is 45.7 Å². The van der Waals surface area contributed by atoms with Gasteiger partial charge in [0.05, 0.1) is 24.2 Å². The van der Waals surface area contributed by atoms with Gasteiger partial charge in [-0.25, -0.2) is 4.98 Å². The number of aryl methyl sites for hydroxylation is 2. The van der Waals surface area contributed by atoms with Crippen molar-refractivity contribution in [1.82, 2.24) is 14.9 Å². The summed E-state index contributed by atoms with van der Waals surface area (Å²) in [5.41, 5.74) is 3.34. The van der Waals surface area contributed by atoms with Crippen molar-refractivity contribution in [2.75, 3.05) is 6.61 Å². The lowest BCUT2D eigenvalue weighted by atomic mass is 10.2. The number of amides is 1. The van der Waals surface area contributed by atoms with Crippen molar-refractivity contribution in [2.24, 2.45) is 5.92 Å². The molecule has 0 bridgehead atoms. The van der Waals surface area contributed by atoms with Gasteiger partial charge in [-0.1, -0.05) is 29.8 Å². The molecule has 1 aliphatic rings. The number of rotatable bonds is 9. The molecule has 5 nitrogen and oxygen atoms in total. The van der Waals surface area contributed by atoms with E-state index in [4.69, 9.17) is 9.72 Å². The number of nitrogens with zero attached hydrogens (tertiary/aromatic N) is 2. The summed E-state index contributed by atoms with van der Waals surface area (Å²) in [6.07, 6.45) is 4.00. The first kappa shape index (κ1) is 18.5. The Hall–Kier alpha value is -2.82. The molecule has 0 spiro atoms. The lowest BCUT2D eigenvalue weighted by molar-refractivity contribution is -0.122. The smallest absolute Gasteiger partial charge is 0.223 e. The molecule has 0 saturated heterocycles. The Balaban J connectivity index is 1.34. The van der Waals surface area contributed by atoms with Crippen molar-refractivity contribution in [3.05, 3.63) is 59.9 Å². The largest absolute Gasteiger partial charge is 0.494 e. The lowest BCUT2D eigenvalue weighted by Crippen LogP contribution is -2.26. The van der Waals surface area contributed by atoms with Crippen LogP contribution in [-0.4, -0.2) is 22.1 Å². The maximum Gasteiger partial charge on any atom is 0.223 e. The quantitative estimate of drug-likeness (QED) is 0.568. The van der Waals surface area contributed by atoms with E-state index in [0.29, 0.717) is 13.2 Å². The molecule has 3 aromatic rings. The number of carbonyl (C=O) groups excluding carboxylic acids is 1. The maximum absolute atomic E-state index is 12.0. The van der Waals surface area contributed by atoms with Crippen LogP contribution in [0.1, 0.15) is 37.1 Å². The van der Waals surface area contributed by atoms with Crippen LogP contribution >= 0.6 is 0 Å². The van der Waals surface area contributed by atoms with Crippen molar-refractivity contribution in [3.8, 4) is 5.75 Å². The van der Waals surface area contributed by atoms with Gasteiger partial charge >= 0.3 is 0 Å². The Morgan fingerprint density at radius 1 is 1.14 bits per heavy atom. The summed E-state index contributed by atoms with van der Waals surface area (Å²) in [4.78, 5) is 16.7. The predicted molar refractivity (Wildman–Crippen MR) is 110 cm³/mol. The number of unbranched alkanes of at least 4 members (excludes halogenated alkanes) is 1. The average Bonchev–Trinajstić information content (AvgIpc) is 3.50. The summed E-state index contributed by atoms with van der Waals surface area (Å²) in [7, 11) is 0. The topological polar surface area (TPSA) is 56.1 Å². The molecule has 28 heavy (non-hydrogen) atoms. The highest BCUT2D eigenvalue weighted by Crippen LogP contribution is 2.29. The Morgan fingerprint density at radius 2 is 1.93 bits per heavy atom. The van der Waals surface area contributed by atoms with E-state index in [9.17, 15) is 4.79 Å². The molecule has 146 valence electrons. The summed E-state index contributed by atoms with van der Waals surface area (Å²) < 4.78 is 8.06. The van der Waals surface area contributed by atoms with Gasteiger partial charge in [-0.3, -0.25) is 4.79 Å². The summed E-state index contributed by atoms with van der Waals surface area (Å²) in [5.74, 6) is 2.22. The fraction of sp³-hybridized carbons (Fsp3) is 0.391. The van der Waals surface area contributed by atoms with Crippen molar-refractivity contribution in [1.29, 1.82) is 0 Å². The third kappa shape index (κ3) is 4.53. The zero-order valence-electron chi connectivity index (χ0n) is 16.4. The van der Waals surface area contributed by atoms with Crippen LogP contribution in [0.5, 0.6) is 5.75 Å². The van der Waals surface area contributed by atoms with Crippen LogP contribution in [0.3, 0.4) is 0 Å². The normalized spacial score (nSPS) is 13.6. The van der Waals surface area contributed by atoms with Gasteiger partial charge in [-0.15, -0.1) is 0 Å². The average molecular weight is 377 g/mol. The molecule has 4 rings (SSSR count). The van der Waals surface area contributed by atoms with Crippen LogP contribution < -0.4 is 10.1 Å². The Bertz CT molecular complexity index is 942. The number of carbonyl (C=O) groups is 1. The van der Waals surface area contributed by atoms with Gasteiger partial charge in [-0.2, -0.15) is 0 Å². The first-order valence-electron chi connectivity index (χ1n) is 10.1. The molecular weight excluding hydrogens is 350 g/mol. The second-order valence-corrected chi connectivity index (χ2v) is 7.53. The van der Waals surface area contributed by atoms with Gasteiger partial charge in [0, 0.05) is 12.5 Å². The molecule has 1 aromatic heterocycles. The number of para-hydroxylation sites is 2. The fourth-order valence-electron chi connectivity index (χ4n) is 3.36. The van der Waals surface area contributed by atoms with E-state index in [0.717, 1.165) is 54.8 Å². The van der Waals surface area contributed by atoms with Crippen LogP contribution in [-0.2, 0) is 17.9 Å². The zero-order valence-corrected chi connectivity index (χ0v) is 16.4. The molecule has 0 radical (unpaired) electrons. The fourth-order valence-corrected chi connectivity index (χ4v) is 3.36. The van der Waals surface area contributed by atoms with Crippen molar-refractivity contribution >= 4 is 16.9 Å². The van der Waals surface area contributed by atoms with Crippen LogP contribution in [0.15, 0.2) is 48.5 Å². The highest BCUT2D eigenvalue weighted by Gasteiger charge is 2.29. The molecule has 5 heteroatoms. The van der Waals surface area contributed by atoms with E-state index in [2.05, 4.69) is 35.0 Å². The highest BCUT2D eigenvalue weighted by atomic mass is 16.5. The summed E-state index contributed by atoms with van der Waals surface area (Å²) >= 11 is 0. The van der Waals surface area contributed by atoms with E-state index in [1.165, 1.54) is 5.56 Å². The highest BCUT2D eigenvalue weighted by molar-refractivity contribution is 5.81. The molecule has 1 aliphatic carbocycles.